The quantitative estimate of drug-likeness (QED) is 0.681. The third-order valence-corrected chi connectivity index (χ3v) is 3.72. The van der Waals surface area contributed by atoms with E-state index in [1.807, 2.05) is 50.2 Å². The third kappa shape index (κ3) is 3.71. The Kier molecular flexibility index (Phi) is 4.74. The molecule has 0 spiro atoms. The lowest BCUT2D eigenvalue weighted by molar-refractivity contribution is -0.116. The number of anilines is 1. The first-order chi connectivity index (χ1) is 11.6. The largest absolute Gasteiger partial charge is 0.493 e. The Labute approximate surface area is 140 Å². The third-order valence-electron chi connectivity index (χ3n) is 3.72. The number of nitrogens with one attached hydrogen (secondary N) is 2. The van der Waals surface area contributed by atoms with E-state index in [0.29, 0.717) is 30.9 Å². The number of carbonyl (C=O) groups excluding carboxylic acids is 1. The molecule has 0 aliphatic carbocycles. The molecule has 0 fully saturated rings. The van der Waals surface area contributed by atoms with Gasteiger partial charge in [-0.25, -0.2) is 4.98 Å². The van der Waals surface area contributed by atoms with Gasteiger partial charge in [0, 0.05) is 12.1 Å². The van der Waals surface area contributed by atoms with Crippen LogP contribution in [0.5, 0.6) is 5.75 Å². The van der Waals surface area contributed by atoms with Crippen molar-refractivity contribution in [3.63, 3.8) is 0 Å². The van der Waals surface area contributed by atoms with Gasteiger partial charge in [-0.15, -0.1) is 0 Å². The summed E-state index contributed by atoms with van der Waals surface area (Å²) in [7, 11) is 0. The summed E-state index contributed by atoms with van der Waals surface area (Å²) in [4.78, 5) is 16.4. The SMILES string of the molecule is Cc1ccc2c(NC(=O)CCCOc3ccccc3C)n[nH]c2n1. The zero-order chi connectivity index (χ0) is 16.9. The summed E-state index contributed by atoms with van der Waals surface area (Å²) < 4.78 is 5.69. The fraction of sp³-hybridized carbons (Fsp3) is 0.278. The number of pyridine rings is 1. The maximum absolute atomic E-state index is 12.1. The van der Waals surface area contributed by atoms with E-state index < -0.39 is 0 Å². The van der Waals surface area contributed by atoms with Crippen LogP contribution in [0.2, 0.25) is 0 Å². The van der Waals surface area contributed by atoms with Crippen molar-refractivity contribution in [1.29, 1.82) is 0 Å². The second-order valence-electron chi connectivity index (χ2n) is 5.69. The number of amides is 1. The first-order valence-corrected chi connectivity index (χ1v) is 7.93. The zero-order valence-corrected chi connectivity index (χ0v) is 13.8. The predicted octanol–water partition coefficient (Wildman–Crippen LogP) is 3.37. The Hall–Kier alpha value is -2.89. The fourth-order valence-electron chi connectivity index (χ4n) is 2.43. The summed E-state index contributed by atoms with van der Waals surface area (Å²) in [6, 6.07) is 11.6. The lowest BCUT2D eigenvalue weighted by Gasteiger charge is -2.08. The number of aryl methyl sites for hydroxylation is 2. The van der Waals surface area contributed by atoms with Crippen molar-refractivity contribution < 1.29 is 9.53 Å². The van der Waals surface area contributed by atoms with Gasteiger partial charge in [0.15, 0.2) is 11.5 Å². The Morgan fingerprint density at radius 2 is 2.04 bits per heavy atom. The van der Waals surface area contributed by atoms with Crippen molar-refractivity contribution in [3.05, 3.63) is 47.7 Å². The van der Waals surface area contributed by atoms with Crippen molar-refractivity contribution >= 4 is 22.8 Å². The van der Waals surface area contributed by atoms with Gasteiger partial charge < -0.3 is 10.1 Å². The molecule has 0 aliphatic rings. The second kappa shape index (κ2) is 7.12. The van der Waals surface area contributed by atoms with Crippen LogP contribution in [0, 0.1) is 13.8 Å². The number of rotatable bonds is 6. The van der Waals surface area contributed by atoms with E-state index in [1.165, 1.54) is 0 Å². The number of hydrogen-bond acceptors (Lipinski definition) is 4. The Morgan fingerprint density at radius 1 is 1.21 bits per heavy atom. The molecule has 0 saturated heterocycles. The van der Waals surface area contributed by atoms with Crippen LogP contribution in [0.4, 0.5) is 5.82 Å². The normalized spacial score (nSPS) is 10.8. The minimum atomic E-state index is -0.0858. The molecule has 3 rings (SSSR count). The number of H-pyrrole nitrogens is 1. The molecule has 24 heavy (non-hydrogen) atoms. The van der Waals surface area contributed by atoms with Crippen LogP contribution in [0.15, 0.2) is 36.4 Å². The molecule has 2 heterocycles. The predicted molar refractivity (Wildman–Crippen MR) is 93.2 cm³/mol. The van der Waals surface area contributed by atoms with E-state index in [0.717, 1.165) is 22.4 Å². The molecule has 0 aliphatic heterocycles. The molecule has 2 aromatic heterocycles. The highest BCUT2D eigenvalue weighted by Crippen LogP contribution is 2.19. The molecule has 0 radical (unpaired) electrons. The highest BCUT2D eigenvalue weighted by molar-refractivity contribution is 5.98. The maximum Gasteiger partial charge on any atom is 0.225 e. The highest BCUT2D eigenvalue weighted by Gasteiger charge is 2.10. The molecule has 3 aromatic rings. The molecule has 0 saturated carbocycles. The van der Waals surface area contributed by atoms with E-state index in [1.54, 1.807) is 0 Å². The van der Waals surface area contributed by atoms with Crippen LogP contribution in [0.1, 0.15) is 24.1 Å². The number of hydrogen-bond donors (Lipinski definition) is 2. The van der Waals surface area contributed by atoms with Gasteiger partial charge in [0.05, 0.1) is 12.0 Å². The van der Waals surface area contributed by atoms with E-state index in [4.69, 9.17) is 4.74 Å². The first-order valence-electron chi connectivity index (χ1n) is 7.93. The molecule has 0 atom stereocenters. The van der Waals surface area contributed by atoms with Crippen LogP contribution >= 0.6 is 0 Å². The topological polar surface area (TPSA) is 79.9 Å². The molecule has 1 amide bonds. The maximum atomic E-state index is 12.1. The van der Waals surface area contributed by atoms with Crippen LogP contribution in [0.3, 0.4) is 0 Å². The smallest absolute Gasteiger partial charge is 0.225 e. The molecule has 124 valence electrons. The minimum Gasteiger partial charge on any atom is -0.493 e. The van der Waals surface area contributed by atoms with Crippen molar-refractivity contribution in [1.82, 2.24) is 15.2 Å². The minimum absolute atomic E-state index is 0.0858. The van der Waals surface area contributed by atoms with Gasteiger partial charge in [-0.1, -0.05) is 18.2 Å². The van der Waals surface area contributed by atoms with Gasteiger partial charge >= 0.3 is 0 Å². The lowest BCUT2D eigenvalue weighted by atomic mass is 10.2. The summed E-state index contributed by atoms with van der Waals surface area (Å²) >= 11 is 0. The number of carbonyl (C=O) groups is 1. The van der Waals surface area contributed by atoms with E-state index in [-0.39, 0.29) is 5.91 Å². The van der Waals surface area contributed by atoms with Gasteiger partial charge in [0.25, 0.3) is 0 Å². The van der Waals surface area contributed by atoms with Gasteiger partial charge in [-0.3, -0.25) is 9.89 Å². The monoisotopic (exact) mass is 324 g/mol. The van der Waals surface area contributed by atoms with Crippen LogP contribution in [-0.4, -0.2) is 27.7 Å². The standard InChI is InChI=1S/C18H20N4O2/c1-12-6-3-4-7-15(12)24-11-5-8-16(23)20-18-14-10-9-13(2)19-17(14)21-22-18/h3-4,6-7,9-10H,5,8,11H2,1-2H3,(H2,19,20,21,22,23). The van der Waals surface area contributed by atoms with Gasteiger partial charge in [-0.2, -0.15) is 5.10 Å². The number of aromatic amines is 1. The Bertz CT molecular complexity index is 857. The van der Waals surface area contributed by atoms with Gasteiger partial charge in [0.2, 0.25) is 5.91 Å². The van der Waals surface area contributed by atoms with E-state index in [2.05, 4.69) is 20.5 Å². The molecular formula is C18H20N4O2. The summed E-state index contributed by atoms with van der Waals surface area (Å²) in [5.74, 6) is 1.29. The first kappa shape index (κ1) is 16.0. The number of nitrogens with zero attached hydrogens (tertiary/aromatic N) is 2. The van der Waals surface area contributed by atoms with Crippen molar-refractivity contribution in [2.75, 3.05) is 11.9 Å². The molecular weight excluding hydrogens is 304 g/mol. The lowest BCUT2D eigenvalue weighted by Crippen LogP contribution is -2.13. The number of fused-ring (bicyclic) bond motifs is 1. The van der Waals surface area contributed by atoms with E-state index >= 15 is 0 Å². The molecule has 6 heteroatoms. The van der Waals surface area contributed by atoms with E-state index in [9.17, 15) is 4.79 Å². The van der Waals surface area contributed by atoms with Crippen LogP contribution in [0.25, 0.3) is 11.0 Å². The highest BCUT2D eigenvalue weighted by atomic mass is 16.5. The molecule has 2 N–H and O–H groups in total. The molecule has 6 nitrogen and oxygen atoms in total. The van der Waals surface area contributed by atoms with Gasteiger partial charge in [0.1, 0.15) is 5.75 Å². The summed E-state index contributed by atoms with van der Waals surface area (Å²) in [6.45, 7) is 4.41. The second-order valence-corrected chi connectivity index (χ2v) is 5.69. The molecule has 1 aromatic carbocycles. The van der Waals surface area contributed by atoms with Crippen molar-refractivity contribution in [2.24, 2.45) is 0 Å². The van der Waals surface area contributed by atoms with Crippen molar-refractivity contribution in [3.8, 4) is 5.75 Å². The van der Waals surface area contributed by atoms with Gasteiger partial charge in [-0.05, 0) is 44.0 Å². The summed E-state index contributed by atoms with van der Waals surface area (Å²) in [6.07, 6.45) is 1.01. The molecule has 0 bridgehead atoms. The van der Waals surface area contributed by atoms with Crippen LogP contribution in [-0.2, 0) is 4.79 Å². The molecule has 0 unspecified atom stereocenters. The number of aromatic nitrogens is 3. The average Bonchev–Trinajstić information content (AvgIpc) is 2.95. The summed E-state index contributed by atoms with van der Waals surface area (Å²) in [5.41, 5.74) is 2.67. The number of benzene rings is 1. The fourth-order valence-corrected chi connectivity index (χ4v) is 2.43. The average molecular weight is 324 g/mol. The van der Waals surface area contributed by atoms with Crippen LogP contribution < -0.4 is 10.1 Å². The summed E-state index contributed by atoms with van der Waals surface area (Å²) in [5, 5.41) is 10.6. The zero-order valence-electron chi connectivity index (χ0n) is 13.8. The Balaban J connectivity index is 1.49. The number of para-hydroxylation sites is 1. The Morgan fingerprint density at radius 3 is 2.88 bits per heavy atom. The number of ether oxygens (including phenoxy) is 1. The van der Waals surface area contributed by atoms with Crippen molar-refractivity contribution in [2.45, 2.75) is 26.7 Å².